The van der Waals surface area contributed by atoms with E-state index in [1.807, 2.05) is 0 Å². The normalized spacial score (nSPS) is 13.9. The number of ether oxygens (including phenoxy) is 2. The molecule has 0 aromatic rings. The van der Waals surface area contributed by atoms with Gasteiger partial charge in [0.25, 0.3) is 0 Å². The fraction of sp³-hybridized carbons (Fsp3) is 0.739. The van der Waals surface area contributed by atoms with Crippen LogP contribution in [0.15, 0.2) is 60.8 Å². The summed E-state index contributed by atoms with van der Waals surface area (Å²) in [5, 5.41) is 0. The molecule has 9 nitrogen and oxygen atoms in total. The van der Waals surface area contributed by atoms with E-state index in [4.69, 9.17) is 24.3 Å². The van der Waals surface area contributed by atoms with E-state index in [1.54, 1.807) is 0 Å². The average molecular weight is 808 g/mol. The zero-order chi connectivity index (χ0) is 41.1. The number of carbonyl (C=O) groups excluding carboxylic acids is 2. The Kier molecular flexibility index (Phi) is 40.6. The first-order valence-corrected chi connectivity index (χ1v) is 23.8. The smallest absolute Gasteiger partial charge is 0.462 e. The molecular weight excluding hydrogens is 725 g/mol. The van der Waals surface area contributed by atoms with Crippen molar-refractivity contribution in [3.63, 3.8) is 0 Å². The van der Waals surface area contributed by atoms with Gasteiger partial charge in [0.15, 0.2) is 6.10 Å². The number of carbonyl (C=O) groups is 2. The Morgan fingerprint density at radius 3 is 1.45 bits per heavy atom. The van der Waals surface area contributed by atoms with E-state index in [0.29, 0.717) is 12.8 Å². The predicted molar refractivity (Wildman–Crippen MR) is 233 cm³/mol. The molecule has 0 saturated carbocycles. The summed E-state index contributed by atoms with van der Waals surface area (Å²) in [5.74, 6) is -0.876. The van der Waals surface area contributed by atoms with Gasteiger partial charge in [0, 0.05) is 19.4 Å². The highest BCUT2D eigenvalue weighted by molar-refractivity contribution is 7.47. The molecule has 0 aliphatic carbocycles. The highest BCUT2D eigenvalue weighted by Crippen LogP contribution is 2.43. The number of phosphoric acid groups is 1. The molecule has 2 atom stereocenters. The molecule has 0 spiro atoms. The molecule has 324 valence electrons. The van der Waals surface area contributed by atoms with Crippen molar-refractivity contribution in [2.24, 2.45) is 5.73 Å². The molecule has 0 aliphatic rings. The van der Waals surface area contributed by atoms with Crippen LogP contribution >= 0.6 is 7.82 Å². The Morgan fingerprint density at radius 2 is 0.929 bits per heavy atom. The number of unbranched alkanes of at least 4 members (excludes halogenated alkanes) is 18. The molecule has 0 radical (unpaired) electrons. The highest BCUT2D eigenvalue weighted by Gasteiger charge is 2.26. The number of esters is 2. The predicted octanol–water partition coefficient (Wildman–Crippen LogP) is 12.9. The van der Waals surface area contributed by atoms with E-state index in [9.17, 15) is 19.0 Å². The van der Waals surface area contributed by atoms with Gasteiger partial charge in [0.1, 0.15) is 6.61 Å². The maximum atomic E-state index is 12.6. The van der Waals surface area contributed by atoms with Crippen LogP contribution in [0.5, 0.6) is 0 Å². The van der Waals surface area contributed by atoms with Gasteiger partial charge in [-0.15, -0.1) is 0 Å². The maximum absolute atomic E-state index is 12.6. The van der Waals surface area contributed by atoms with Crippen molar-refractivity contribution >= 4 is 19.8 Å². The Labute approximate surface area is 342 Å². The number of rotatable bonds is 41. The van der Waals surface area contributed by atoms with Crippen molar-refractivity contribution in [1.29, 1.82) is 0 Å². The molecule has 0 aliphatic heterocycles. The summed E-state index contributed by atoms with van der Waals surface area (Å²) >= 11 is 0. The minimum Gasteiger partial charge on any atom is -0.462 e. The van der Waals surface area contributed by atoms with Gasteiger partial charge < -0.3 is 20.1 Å². The second-order valence-electron chi connectivity index (χ2n) is 14.6. The first kappa shape index (κ1) is 53.7. The Hall–Kier alpha value is -2.29. The van der Waals surface area contributed by atoms with Crippen LogP contribution in [0.2, 0.25) is 0 Å². The maximum Gasteiger partial charge on any atom is 0.472 e. The monoisotopic (exact) mass is 808 g/mol. The van der Waals surface area contributed by atoms with Gasteiger partial charge in [-0.2, -0.15) is 0 Å². The minimum atomic E-state index is -4.39. The van der Waals surface area contributed by atoms with Crippen LogP contribution in [-0.2, 0) is 32.7 Å². The summed E-state index contributed by atoms with van der Waals surface area (Å²) < 4.78 is 32.8. The second kappa shape index (κ2) is 42.3. The largest absolute Gasteiger partial charge is 0.472 e. The first-order valence-electron chi connectivity index (χ1n) is 22.3. The number of allylic oxidation sites excluding steroid dienone is 10. The third kappa shape index (κ3) is 41.3. The molecular formula is C46H82NO8P. The Balaban J connectivity index is 4.23. The summed E-state index contributed by atoms with van der Waals surface area (Å²) in [5.41, 5.74) is 5.35. The minimum absolute atomic E-state index is 0.0451. The molecule has 0 amide bonds. The van der Waals surface area contributed by atoms with Crippen molar-refractivity contribution < 1.29 is 37.6 Å². The van der Waals surface area contributed by atoms with Gasteiger partial charge in [0.05, 0.1) is 13.2 Å². The molecule has 0 fully saturated rings. The van der Waals surface area contributed by atoms with Crippen LogP contribution in [0.3, 0.4) is 0 Å². The van der Waals surface area contributed by atoms with Gasteiger partial charge in [-0.05, 0) is 83.5 Å². The molecule has 3 N–H and O–H groups in total. The summed E-state index contributed by atoms with van der Waals surface area (Å²) in [7, 11) is -4.39. The van der Waals surface area contributed by atoms with E-state index < -0.39 is 32.5 Å². The Bertz CT molecular complexity index is 1100. The fourth-order valence-corrected chi connectivity index (χ4v) is 6.55. The molecule has 0 saturated heterocycles. The van der Waals surface area contributed by atoms with E-state index >= 15 is 0 Å². The van der Waals surface area contributed by atoms with Crippen molar-refractivity contribution in [2.75, 3.05) is 26.4 Å². The lowest BCUT2D eigenvalue weighted by Crippen LogP contribution is -2.29. The summed E-state index contributed by atoms with van der Waals surface area (Å²) in [6, 6.07) is 0. The van der Waals surface area contributed by atoms with Crippen molar-refractivity contribution in [3.8, 4) is 0 Å². The third-order valence-corrected chi connectivity index (χ3v) is 10.1. The van der Waals surface area contributed by atoms with E-state index in [0.717, 1.165) is 70.6 Å². The van der Waals surface area contributed by atoms with Gasteiger partial charge in [0.2, 0.25) is 0 Å². The lowest BCUT2D eigenvalue weighted by molar-refractivity contribution is -0.161. The summed E-state index contributed by atoms with van der Waals surface area (Å²) in [4.78, 5) is 34.9. The average Bonchev–Trinajstić information content (AvgIpc) is 3.18. The Morgan fingerprint density at radius 1 is 0.536 bits per heavy atom. The standard InChI is InChI=1S/C46H82NO8P/c1-3-5-7-9-11-13-15-17-19-21-22-23-25-26-28-30-32-34-36-38-45(48)52-42-44(43-54-56(50,51)53-41-40-47)55-46(49)39-37-35-33-31-29-27-24-20-18-16-14-12-10-8-6-4-2/h11,13,17,19-20,22-24,26,28,44H,3-10,12,14-16,18,21,25,27,29-43,47H2,1-2H3,(H,50,51)/b13-11-,19-17-,23-22-,24-20-,28-26-/t44-/m1/s1. The number of hydrogen-bond acceptors (Lipinski definition) is 8. The topological polar surface area (TPSA) is 134 Å². The molecule has 0 heterocycles. The SMILES string of the molecule is CCCCC/C=C\C/C=C\C/C=C\C/C=C\CCCCCC(=O)OC[C@H](COP(=O)(O)OCCN)OC(=O)CCCCCCC/C=C\CCCCCCCCC. The van der Waals surface area contributed by atoms with Crippen LogP contribution < -0.4 is 5.73 Å². The molecule has 0 aromatic carbocycles. The molecule has 10 heteroatoms. The second-order valence-corrected chi connectivity index (χ2v) is 16.0. The van der Waals surface area contributed by atoms with Crippen LogP contribution in [0.25, 0.3) is 0 Å². The summed E-state index contributed by atoms with van der Waals surface area (Å²) in [6.07, 6.45) is 49.6. The first-order chi connectivity index (χ1) is 27.3. The lowest BCUT2D eigenvalue weighted by Gasteiger charge is -2.19. The van der Waals surface area contributed by atoms with Gasteiger partial charge in [-0.1, -0.05) is 152 Å². The molecule has 0 aromatic heterocycles. The molecule has 0 bridgehead atoms. The van der Waals surface area contributed by atoms with E-state index in [1.165, 1.54) is 77.0 Å². The van der Waals surface area contributed by atoms with E-state index in [-0.39, 0.29) is 32.6 Å². The highest BCUT2D eigenvalue weighted by atomic mass is 31.2. The fourth-order valence-electron chi connectivity index (χ4n) is 5.79. The van der Waals surface area contributed by atoms with Crippen LogP contribution in [0.1, 0.15) is 187 Å². The van der Waals surface area contributed by atoms with Gasteiger partial charge >= 0.3 is 19.8 Å². The zero-order valence-corrected chi connectivity index (χ0v) is 36.5. The van der Waals surface area contributed by atoms with Crippen LogP contribution in [-0.4, -0.2) is 49.3 Å². The van der Waals surface area contributed by atoms with Crippen molar-refractivity contribution in [2.45, 2.75) is 193 Å². The van der Waals surface area contributed by atoms with Crippen molar-refractivity contribution in [3.05, 3.63) is 60.8 Å². The number of phosphoric ester groups is 1. The van der Waals surface area contributed by atoms with Gasteiger partial charge in [-0.3, -0.25) is 18.6 Å². The number of hydrogen-bond donors (Lipinski definition) is 2. The molecule has 1 unspecified atom stereocenters. The zero-order valence-electron chi connectivity index (χ0n) is 35.6. The van der Waals surface area contributed by atoms with E-state index in [2.05, 4.69) is 74.6 Å². The lowest BCUT2D eigenvalue weighted by atomic mass is 10.1. The third-order valence-electron chi connectivity index (χ3n) is 9.13. The van der Waals surface area contributed by atoms with Gasteiger partial charge in [-0.25, -0.2) is 4.57 Å². The summed E-state index contributed by atoms with van der Waals surface area (Å²) in [6.45, 7) is 3.65. The van der Waals surface area contributed by atoms with Crippen LogP contribution in [0.4, 0.5) is 0 Å². The van der Waals surface area contributed by atoms with Crippen LogP contribution in [0, 0.1) is 0 Å². The quantitative estimate of drug-likeness (QED) is 0.0268. The molecule has 56 heavy (non-hydrogen) atoms. The van der Waals surface area contributed by atoms with Crippen molar-refractivity contribution in [1.82, 2.24) is 0 Å². The molecule has 0 rings (SSSR count). The number of nitrogens with two attached hydrogens (primary N) is 1.